The second-order valence-electron chi connectivity index (χ2n) is 5.38. The number of amides is 2. The van der Waals surface area contributed by atoms with E-state index < -0.39 is 62.2 Å². The molecule has 0 atom stereocenters. The third-order valence-corrected chi connectivity index (χ3v) is 5.00. The molecule has 1 aromatic heterocycles. The van der Waals surface area contributed by atoms with E-state index in [2.05, 4.69) is 0 Å². The van der Waals surface area contributed by atoms with Crippen molar-refractivity contribution in [3.63, 3.8) is 0 Å². The Morgan fingerprint density at radius 3 is 2.07 bits per heavy atom. The number of primary amides is 1. The molecule has 2 heterocycles. The molecule has 1 aliphatic rings. The summed E-state index contributed by atoms with van der Waals surface area (Å²) in [5.41, 5.74) is 3.07. The highest BCUT2D eigenvalue weighted by Gasteiger charge is 2.36. The molecule has 0 radical (unpaired) electrons. The summed E-state index contributed by atoms with van der Waals surface area (Å²) in [4.78, 5) is 24.1. The molecule has 0 aliphatic carbocycles. The van der Waals surface area contributed by atoms with Gasteiger partial charge in [0.2, 0.25) is 5.82 Å². The van der Waals surface area contributed by atoms with Crippen LogP contribution in [0, 0.1) is 29.1 Å². The Kier molecular flexibility index (Phi) is 4.86. The standard InChI is InChI=1S/C15H8F6N2O3S/c16-8-7(9(17)11(19)12(20)10(8)18)14(25)23(21)15-6(13(22)24)4-1-2-26-3-5(4)27-15/h1-3H2,(H2,22,24). The Morgan fingerprint density at radius 1 is 0.963 bits per heavy atom. The van der Waals surface area contributed by atoms with Gasteiger partial charge in [0.05, 0.1) is 18.8 Å². The molecule has 0 saturated carbocycles. The fraction of sp³-hybridized carbons (Fsp3) is 0.200. The SMILES string of the molecule is NC(=O)c1c(N(F)C(=O)c2c(F)c(F)c(F)c(F)c2F)sc2c1CCOC2. The number of thiophene rings is 1. The van der Waals surface area contributed by atoms with E-state index in [1.165, 1.54) is 0 Å². The van der Waals surface area contributed by atoms with E-state index in [0.717, 1.165) is 0 Å². The lowest BCUT2D eigenvalue weighted by Crippen LogP contribution is -2.28. The molecule has 1 aliphatic heterocycles. The topological polar surface area (TPSA) is 72.6 Å². The van der Waals surface area contributed by atoms with Crippen molar-refractivity contribution in [2.24, 2.45) is 5.73 Å². The minimum Gasteiger partial charge on any atom is -0.376 e. The van der Waals surface area contributed by atoms with Gasteiger partial charge in [-0.05, 0) is 12.0 Å². The molecular weight excluding hydrogens is 402 g/mol. The first-order valence-electron chi connectivity index (χ1n) is 7.20. The van der Waals surface area contributed by atoms with E-state index in [4.69, 9.17) is 10.5 Å². The number of carbonyl (C=O) groups is 2. The predicted molar refractivity (Wildman–Crippen MR) is 80.3 cm³/mol. The van der Waals surface area contributed by atoms with E-state index in [0.29, 0.717) is 21.8 Å². The number of rotatable bonds is 3. The van der Waals surface area contributed by atoms with Gasteiger partial charge in [-0.1, -0.05) is 4.48 Å². The van der Waals surface area contributed by atoms with Crippen molar-refractivity contribution in [3.05, 3.63) is 50.7 Å². The lowest BCUT2D eigenvalue weighted by Gasteiger charge is -2.14. The van der Waals surface area contributed by atoms with Gasteiger partial charge in [-0.15, -0.1) is 16.5 Å². The Morgan fingerprint density at radius 2 is 1.52 bits per heavy atom. The summed E-state index contributed by atoms with van der Waals surface area (Å²) in [7, 11) is 0. The van der Waals surface area contributed by atoms with Crippen LogP contribution in [0.15, 0.2) is 0 Å². The Balaban J connectivity index is 2.13. The van der Waals surface area contributed by atoms with E-state index in [9.17, 15) is 36.0 Å². The monoisotopic (exact) mass is 410 g/mol. The van der Waals surface area contributed by atoms with Gasteiger partial charge in [-0.3, -0.25) is 9.59 Å². The second kappa shape index (κ2) is 6.85. The number of nitrogens with two attached hydrogens (primary N) is 1. The summed E-state index contributed by atoms with van der Waals surface area (Å²) < 4.78 is 86.9. The zero-order valence-electron chi connectivity index (χ0n) is 13.0. The van der Waals surface area contributed by atoms with E-state index in [-0.39, 0.29) is 19.6 Å². The third-order valence-electron chi connectivity index (χ3n) is 3.83. The number of halogens is 6. The van der Waals surface area contributed by atoms with Gasteiger partial charge in [0.1, 0.15) is 10.6 Å². The molecule has 144 valence electrons. The lowest BCUT2D eigenvalue weighted by atomic mass is 10.1. The molecule has 27 heavy (non-hydrogen) atoms. The number of carbonyl (C=O) groups excluding carboxylic acids is 2. The second-order valence-corrected chi connectivity index (χ2v) is 6.47. The fourth-order valence-corrected chi connectivity index (χ4v) is 3.79. The average molecular weight is 410 g/mol. The van der Waals surface area contributed by atoms with E-state index >= 15 is 0 Å². The van der Waals surface area contributed by atoms with Crippen LogP contribution >= 0.6 is 11.3 Å². The molecule has 0 unspecified atom stereocenters. The molecule has 2 amide bonds. The zero-order valence-corrected chi connectivity index (χ0v) is 13.9. The number of fused-ring (bicyclic) bond motifs is 1. The molecule has 1 aromatic carbocycles. The van der Waals surface area contributed by atoms with Crippen LogP contribution in [0.5, 0.6) is 0 Å². The number of ether oxygens (including phenoxy) is 1. The van der Waals surface area contributed by atoms with Crippen molar-refractivity contribution in [3.8, 4) is 0 Å². The van der Waals surface area contributed by atoms with Gasteiger partial charge < -0.3 is 10.5 Å². The summed E-state index contributed by atoms with van der Waals surface area (Å²) in [6, 6.07) is 0. The number of benzene rings is 1. The Hall–Kier alpha value is -2.60. The summed E-state index contributed by atoms with van der Waals surface area (Å²) in [6.45, 7) is 0.159. The van der Waals surface area contributed by atoms with Gasteiger partial charge in [-0.2, -0.15) is 0 Å². The Labute approximate surface area is 150 Å². The number of hydrogen-bond donors (Lipinski definition) is 1. The van der Waals surface area contributed by atoms with Gasteiger partial charge in [-0.25, -0.2) is 22.0 Å². The van der Waals surface area contributed by atoms with Crippen molar-refractivity contribution in [2.75, 3.05) is 11.7 Å². The number of nitrogens with zero attached hydrogens (tertiary/aromatic N) is 1. The maximum atomic E-state index is 14.6. The summed E-state index contributed by atoms with van der Waals surface area (Å²) in [5, 5.41) is -1.59. The first-order valence-corrected chi connectivity index (χ1v) is 8.02. The predicted octanol–water partition coefficient (Wildman–Crippen LogP) is 3.15. The maximum absolute atomic E-state index is 14.6. The summed E-state index contributed by atoms with van der Waals surface area (Å²) in [5.74, 6) is -15.6. The highest BCUT2D eigenvalue weighted by molar-refractivity contribution is 7.17. The van der Waals surface area contributed by atoms with Crippen LogP contribution in [0.1, 0.15) is 31.2 Å². The highest BCUT2D eigenvalue weighted by atomic mass is 32.1. The van der Waals surface area contributed by atoms with Crippen LogP contribution in [0.25, 0.3) is 0 Å². The maximum Gasteiger partial charge on any atom is 0.293 e. The summed E-state index contributed by atoms with van der Waals surface area (Å²) >= 11 is 0.542. The minimum absolute atomic E-state index is 0.0230. The first kappa shape index (κ1) is 19.2. The molecule has 0 saturated heterocycles. The molecule has 0 spiro atoms. The molecule has 2 aromatic rings. The largest absolute Gasteiger partial charge is 0.376 e. The van der Waals surface area contributed by atoms with E-state index in [1.807, 2.05) is 0 Å². The Bertz CT molecular complexity index is 948. The van der Waals surface area contributed by atoms with Crippen LogP contribution in [-0.4, -0.2) is 18.4 Å². The molecule has 5 nitrogen and oxygen atoms in total. The van der Waals surface area contributed by atoms with Crippen molar-refractivity contribution < 1.29 is 40.8 Å². The van der Waals surface area contributed by atoms with Gasteiger partial charge in [0, 0.05) is 4.88 Å². The normalized spacial score (nSPS) is 13.4. The van der Waals surface area contributed by atoms with E-state index in [1.54, 1.807) is 0 Å². The molecule has 0 fully saturated rings. The lowest BCUT2D eigenvalue weighted by molar-refractivity contribution is 0.0920. The summed E-state index contributed by atoms with van der Waals surface area (Å²) in [6.07, 6.45) is 0.161. The van der Waals surface area contributed by atoms with Crippen LogP contribution in [0.2, 0.25) is 0 Å². The quantitative estimate of drug-likeness (QED) is 0.366. The average Bonchev–Trinajstić information content (AvgIpc) is 3.03. The van der Waals surface area contributed by atoms with Crippen LogP contribution in [-0.2, 0) is 17.8 Å². The van der Waals surface area contributed by atoms with Gasteiger partial charge >= 0.3 is 0 Å². The van der Waals surface area contributed by atoms with Gasteiger partial charge in [0.25, 0.3) is 11.8 Å². The minimum atomic E-state index is -2.49. The van der Waals surface area contributed by atoms with Crippen LogP contribution < -0.4 is 10.9 Å². The van der Waals surface area contributed by atoms with Crippen LogP contribution in [0.3, 0.4) is 0 Å². The first-order chi connectivity index (χ1) is 12.7. The van der Waals surface area contributed by atoms with Crippen molar-refractivity contribution in [2.45, 2.75) is 13.0 Å². The molecule has 0 bridgehead atoms. The van der Waals surface area contributed by atoms with Crippen molar-refractivity contribution in [1.29, 1.82) is 0 Å². The fourth-order valence-electron chi connectivity index (χ4n) is 2.59. The smallest absolute Gasteiger partial charge is 0.293 e. The molecular formula is C15H8F6N2O3S. The van der Waals surface area contributed by atoms with Gasteiger partial charge in [0.15, 0.2) is 23.3 Å². The molecule has 2 N–H and O–H groups in total. The zero-order chi connectivity index (χ0) is 20.0. The van der Waals surface area contributed by atoms with Crippen molar-refractivity contribution >= 4 is 28.2 Å². The number of anilines is 1. The van der Waals surface area contributed by atoms with Crippen molar-refractivity contribution in [1.82, 2.24) is 0 Å². The highest BCUT2D eigenvalue weighted by Crippen LogP contribution is 2.40. The number of hydrogen-bond acceptors (Lipinski definition) is 4. The molecule has 3 rings (SSSR count). The van der Waals surface area contributed by atoms with Crippen LogP contribution in [0.4, 0.5) is 31.4 Å². The molecule has 12 heteroatoms. The third kappa shape index (κ3) is 2.94.